The molecule has 1 aliphatic heterocycles. The van der Waals surface area contributed by atoms with Crippen molar-refractivity contribution >= 4 is 38.8 Å². The van der Waals surface area contributed by atoms with Gasteiger partial charge in [-0.3, -0.25) is 4.90 Å². The number of likely N-dealkylation sites (tertiary alicyclic amines) is 1. The SMILES string of the molecule is CCN1CCCC1CN(C)c1ccc(C(N)=S)cc1Br. The Morgan fingerprint density at radius 1 is 1.55 bits per heavy atom. The summed E-state index contributed by atoms with van der Waals surface area (Å²) in [5, 5.41) is 0. The van der Waals surface area contributed by atoms with E-state index in [-0.39, 0.29) is 0 Å². The zero-order valence-electron chi connectivity index (χ0n) is 12.1. The molecule has 1 saturated heterocycles. The van der Waals surface area contributed by atoms with E-state index in [0.717, 1.165) is 23.1 Å². The van der Waals surface area contributed by atoms with E-state index in [1.54, 1.807) is 0 Å². The standard InChI is InChI=1S/C15H22BrN3S/c1-3-19-8-4-5-12(19)10-18(2)14-7-6-11(15(17)20)9-13(14)16/h6-7,9,12H,3-5,8,10H2,1-2H3,(H2,17,20). The molecule has 3 nitrogen and oxygen atoms in total. The predicted molar refractivity (Wildman–Crippen MR) is 93.6 cm³/mol. The highest BCUT2D eigenvalue weighted by Crippen LogP contribution is 2.28. The first-order chi connectivity index (χ1) is 9.52. The molecule has 110 valence electrons. The molecule has 2 rings (SSSR count). The van der Waals surface area contributed by atoms with Gasteiger partial charge < -0.3 is 10.6 Å². The van der Waals surface area contributed by atoms with Gasteiger partial charge in [0.1, 0.15) is 4.99 Å². The second kappa shape index (κ2) is 6.87. The van der Waals surface area contributed by atoms with Crippen molar-refractivity contribution in [2.45, 2.75) is 25.8 Å². The van der Waals surface area contributed by atoms with E-state index in [0.29, 0.717) is 11.0 Å². The minimum absolute atomic E-state index is 0.438. The average Bonchev–Trinajstić information content (AvgIpc) is 2.85. The molecular formula is C15H22BrN3S. The van der Waals surface area contributed by atoms with Gasteiger partial charge in [-0.05, 0) is 60.1 Å². The minimum atomic E-state index is 0.438. The summed E-state index contributed by atoms with van der Waals surface area (Å²) in [5.74, 6) is 0. The van der Waals surface area contributed by atoms with Crippen LogP contribution in [0.15, 0.2) is 22.7 Å². The summed E-state index contributed by atoms with van der Waals surface area (Å²) in [4.78, 5) is 5.31. The maximum absolute atomic E-state index is 5.67. The smallest absolute Gasteiger partial charge is 0.104 e. The predicted octanol–water partition coefficient (Wildman–Crippen LogP) is 3.00. The largest absolute Gasteiger partial charge is 0.389 e. The highest BCUT2D eigenvalue weighted by atomic mass is 79.9. The number of hydrogen-bond donors (Lipinski definition) is 1. The van der Waals surface area contributed by atoms with E-state index in [4.69, 9.17) is 18.0 Å². The molecule has 0 saturated carbocycles. The summed E-state index contributed by atoms with van der Waals surface area (Å²) in [7, 11) is 2.15. The number of halogens is 1. The molecule has 1 aromatic rings. The van der Waals surface area contributed by atoms with Gasteiger partial charge in [0, 0.05) is 29.7 Å². The van der Waals surface area contributed by atoms with Gasteiger partial charge in [0.25, 0.3) is 0 Å². The van der Waals surface area contributed by atoms with Gasteiger partial charge in [-0.25, -0.2) is 0 Å². The van der Waals surface area contributed by atoms with Crippen LogP contribution in [0.3, 0.4) is 0 Å². The van der Waals surface area contributed by atoms with E-state index in [2.05, 4.69) is 45.8 Å². The van der Waals surface area contributed by atoms with Crippen molar-refractivity contribution in [3.05, 3.63) is 28.2 Å². The molecule has 1 aromatic carbocycles. The number of nitrogens with zero attached hydrogens (tertiary/aromatic N) is 2. The third-order valence-corrected chi connectivity index (χ3v) is 4.90. The number of rotatable bonds is 5. The molecule has 1 atom stereocenters. The van der Waals surface area contributed by atoms with Crippen molar-refractivity contribution in [1.82, 2.24) is 4.90 Å². The zero-order valence-corrected chi connectivity index (χ0v) is 14.5. The molecule has 1 fully saturated rings. The monoisotopic (exact) mass is 355 g/mol. The van der Waals surface area contributed by atoms with Crippen LogP contribution in [0.5, 0.6) is 0 Å². The molecule has 1 heterocycles. The maximum atomic E-state index is 5.67. The molecule has 5 heteroatoms. The molecular weight excluding hydrogens is 334 g/mol. The van der Waals surface area contributed by atoms with Crippen molar-refractivity contribution in [2.24, 2.45) is 5.73 Å². The summed E-state index contributed by atoms with van der Waals surface area (Å²) >= 11 is 8.64. The summed E-state index contributed by atoms with van der Waals surface area (Å²) < 4.78 is 1.05. The molecule has 20 heavy (non-hydrogen) atoms. The van der Waals surface area contributed by atoms with Gasteiger partial charge >= 0.3 is 0 Å². The van der Waals surface area contributed by atoms with E-state index in [1.807, 2.05) is 12.1 Å². The summed E-state index contributed by atoms with van der Waals surface area (Å²) in [6, 6.07) is 6.74. The second-order valence-corrected chi connectivity index (χ2v) is 6.63. The topological polar surface area (TPSA) is 32.5 Å². The normalized spacial score (nSPS) is 19.2. The Bertz CT molecular complexity index is 492. The van der Waals surface area contributed by atoms with Crippen LogP contribution in [0.4, 0.5) is 5.69 Å². The Balaban J connectivity index is 2.09. The van der Waals surface area contributed by atoms with E-state index < -0.39 is 0 Å². The molecule has 0 aliphatic carbocycles. The molecule has 0 bridgehead atoms. The van der Waals surface area contributed by atoms with Crippen LogP contribution in [0, 0.1) is 0 Å². The lowest BCUT2D eigenvalue weighted by Gasteiger charge is -2.29. The highest BCUT2D eigenvalue weighted by Gasteiger charge is 2.24. The van der Waals surface area contributed by atoms with Gasteiger partial charge in [-0.2, -0.15) is 0 Å². The number of nitrogens with two attached hydrogens (primary N) is 1. The van der Waals surface area contributed by atoms with Crippen LogP contribution in [-0.2, 0) is 0 Å². The van der Waals surface area contributed by atoms with Crippen LogP contribution in [0.25, 0.3) is 0 Å². The van der Waals surface area contributed by atoms with E-state index >= 15 is 0 Å². The summed E-state index contributed by atoms with van der Waals surface area (Å²) in [5.41, 5.74) is 7.76. The molecule has 0 aromatic heterocycles. The van der Waals surface area contributed by atoms with Crippen molar-refractivity contribution < 1.29 is 0 Å². The van der Waals surface area contributed by atoms with E-state index in [1.165, 1.54) is 25.1 Å². The Labute approximate surface area is 135 Å². The number of hydrogen-bond acceptors (Lipinski definition) is 3. The maximum Gasteiger partial charge on any atom is 0.104 e. The molecule has 0 amide bonds. The quantitative estimate of drug-likeness (QED) is 0.823. The Morgan fingerprint density at radius 2 is 2.30 bits per heavy atom. The average molecular weight is 356 g/mol. The number of benzene rings is 1. The Kier molecular flexibility index (Phi) is 5.41. The van der Waals surface area contributed by atoms with E-state index in [9.17, 15) is 0 Å². The second-order valence-electron chi connectivity index (χ2n) is 5.34. The van der Waals surface area contributed by atoms with Crippen LogP contribution >= 0.6 is 28.1 Å². The van der Waals surface area contributed by atoms with Crippen molar-refractivity contribution in [3.8, 4) is 0 Å². The third-order valence-electron chi connectivity index (χ3n) is 4.03. The minimum Gasteiger partial charge on any atom is -0.389 e. The summed E-state index contributed by atoms with van der Waals surface area (Å²) in [6.45, 7) is 5.67. The van der Waals surface area contributed by atoms with Crippen LogP contribution in [0.2, 0.25) is 0 Å². The molecule has 1 unspecified atom stereocenters. The molecule has 0 radical (unpaired) electrons. The van der Waals surface area contributed by atoms with Crippen molar-refractivity contribution in [1.29, 1.82) is 0 Å². The lowest BCUT2D eigenvalue weighted by atomic mass is 10.1. The number of likely N-dealkylation sites (N-methyl/N-ethyl adjacent to an activating group) is 2. The van der Waals surface area contributed by atoms with Gasteiger partial charge in [0.2, 0.25) is 0 Å². The number of anilines is 1. The first-order valence-electron chi connectivity index (χ1n) is 7.07. The zero-order chi connectivity index (χ0) is 14.7. The van der Waals surface area contributed by atoms with Crippen LogP contribution in [-0.4, -0.2) is 42.6 Å². The fraction of sp³-hybridized carbons (Fsp3) is 0.533. The first kappa shape index (κ1) is 15.7. The fourth-order valence-electron chi connectivity index (χ4n) is 2.90. The molecule has 0 spiro atoms. The first-order valence-corrected chi connectivity index (χ1v) is 8.27. The van der Waals surface area contributed by atoms with Gasteiger partial charge in [0.15, 0.2) is 0 Å². The molecule has 1 aliphatic rings. The van der Waals surface area contributed by atoms with Crippen LogP contribution in [0.1, 0.15) is 25.3 Å². The third kappa shape index (κ3) is 3.51. The van der Waals surface area contributed by atoms with Crippen LogP contribution < -0.4 is 10.6 Å². The summed E-state index contributed by atoms with van der Waals surface area (Å²) in [6.07, 6.45) is 2.61. The van der Waals surface area contributed by atoms with Gasteiger partial charge in [-0.15, -0.1) is 0 Å². The number of thiocarbonyl (C=S) groups is 1. The highest BCUT2D eigenvalue weighted by molar-refractivity contribution is 9.10. The van der Waals surface area contributed by atoms with Crippen molar-refractivity contribution in [3.63, 3.8) is 0 Å². The fourth-order valence-corrected chi connectivity index (χ4v) is 3.71. The Hall–Kier alpha value is -0.650. The Morgan fingerprint density at radius 3 is 2.90 bits per heavy atom. The van der Waals surface area contributed by atoms with Crippen molar-refractivity contribution in [2.75, 3.05) is 31.6 Å². The lowest BCUT2D eigenvalue weighted by Crippen LogP contribution is -2.38. The van der Waals surface area contributed by atoms with Gasteiger partial charge in [-0.1, -0.05) is 19.1 Å². The van der Waals surface area contributed by atoms with Gasteiger partial charge in [0.05, 0.1) is 5.69 Å². The lowest BCUT2D eigenvalue weighted by molar-refractivity contribution is 0.270. The molecule has 2 N–H and O–H groups in total.